The summed E-state index contributed by atoms with van der Waals surface area (Å²) in [6.45, 7) is 7.40. The molecule has 0 saturated carbocycles. The highest BCUT2D eigenvalue weighted by Gasteiger charge is 2.48. The number of Topliss-reactive ketones (excluding diaryl/α,β-unsaturated/α-hetero) is 1. The molecule has 176 valence electrons. The number of ether oxygens (including phenoxy) is 1. The van der Waals surface area contributed by atoms with Gasteiger partial charge >= 0.3 is 5.97 Å². The number of ketones is 1. The summed E-state index contributed by atoms with van der Waals surface area (Å²) in [7, 11) is 0.889. The Bertz CT molecular complexity index is 696. The Balaban J connectivity index is 0.00000110. The maximum Gasteiger partial charge on any atom is 0.306 e. The fourth-order valence-corrected chi connectivity index (χ4v) is 4.79. The summed E-state index contributed by atoms with van der Waals surface area (Å²) in [5.41, 5.74) is 0.334. The smallest absolute Gasteiger partial charge is 0.306 e. The van der Waals surface area contributed by atoms with E-state index in [1.165, 1.54) is 0 Å². The number of carbonyl (C=O) groups is 2. The Morgan fingerprint density at radius 2 is 2.03 bits per heavy atom. The van der Waals surface area contributed by atoms with Gasteiger partial charge in [-0.05, 0) is 45.4 Å². The second kappa shape index (κ2) is 12.1. The normalized spacial score (nSPS) is 32.2. The number of rotatable bonds is 5. The van der Waals surface area contributed by atoms with Crippen LogP contribution in [0, 0.1) is 33.3 Å². The average Bonchev–Trinajstić information content (AvgIpc) is 2.68. The van der Waals surface area contributed by atoms with E-state index in [1.54, 1.807) is 6.92 Å². The third-order valence-corrected chi connectivity index (χ3v) is 6.29. The number of cyclic esters (lactones) is 1. The second-order valence-corrected chi connectivity index (χ2v) is 8.70. The molecule has 0 bridgehead atoms. The van der Waals surface area contributed by atoms with Gasteiger partial charge in [0.1, 0.15) is 11.9 Å². The van der Waals surface area contributed by atoms with E-state index >= 15 is 0 Å². The number of hydrogen-bond donors (Lipinski definition) is 2. The molecule has 2 rings (SSSR count). The molecule has 0 aromatic heterocycles. The number of fused-ring (bicyclic) bond motifs is 1. The summed E-state index contributed by atoms with van der Waals surface area (Å²) in [6.07, 6.45) is 7.52. The molecule has 6 atom stereocenters. The van der Waals surface area contributed by atoms with Crippen molar-refractivity contribution in [3.05, 3.63) is 33.9 Å². The topological polar surface area (TPSA) is 127 Å². The first kappa shape index (κ1) is 27.0. The van der Waals surface area contributed by atoms with Crippen LogP contribution in [0.4, 0.5) is 0 Å². The lowest BCUT2D eigenvalue weighted by Crippen LogP contribution is -2.45. The average molecular weight is 440 g/mol. The zero-order valence-corrected chi connectivity index (χ0v) is 19.2. The Morgan fingerprint density at radius 1 is 1.42 bits per heavy atom. The molecule has 8 nitrogen and oxygen atoms in total. The summed E-state index contributed by atoms with van der Waals surface area (Å²) in [4.78, 5) is 34.2. The predicted octanol–water partition coefficient (Wildman–Crippen LogP) is 3.09. The number of nitrogens with zero attached hydrogens (tertiary/aromatic N) is 1. The number of carbonyl (C=O) groups excluding carboxylic acids is 2. The lowest BCUT2D eigenvalue weighted by molar-refractivity contribution is -0.445. The van der Waals surface area contributed by atoms with Gasteiger partial charge in [-0.3, -0.25) is 19.7 Å². The lowest BCUT2D eigenvalue weighted by Gasteiger charge is -2.44. The van der Waals surface area contributed by atoms with Gasteiger partial charge in [-0.1, -0.05) is 37.6 Å². The van der Waals surface area contributed by atoms with Crippen molar-refractivity contribution in [2.45, 2.75) is 72.0 Å². The van der Waals surface area contributed by atoms with Crippen LogP contribution in [0.15, 0.2) is 23.8 Å². The molecule has 0 amide bonds. The molecule has 8 heteroatoms. The molecule has 0 saturated heterocycles. The van der Waals surface area contributed by atoms with Crippen molar-refractivity contribution in [1.29, 1.82) is 0 Å². The van der Waals surface area contributed by atoms with Crippen molar-refractivity contribution in [1.82, 2.24) is 0 Å². The number of nitro groups is 1. The van der Waals surface area contributed by atoms with E-state index in [0.717, 1.165) is 19.0 Å². The van der Waals surface area contributed by atoms with Crippen LogP contribution < -0.4 is 0 Å². The van der Waals surface area contributed by atoms with Crippen LogP contribution in [0.1, 0.15) is 59.8 Å². The highest BCUT2D eigenvalue weighted by atomic mass is 16.6. The van der Waals surface area contributed by atoms with Crippen LogP contribution in [0.25, 0.3) is 0 Å². The summed E-state index contributed by atoms with van der Waals surface area (Å²) < 4.78 is 5.53. The van der Waals surface area contributed by atoms with E-state index in [4.69, 9.17) is 14.9 Å². The molecule has 6 unspecified atom stereocenters. The standard InChI is InChI=1S/C22H34O5.CH3NO2/c1-14(10-12-23)21(26)22-11-6-5-7-18(22)8-9-19(25)27-20(17(4)24)15(2)13-16(22)3;1-2(3)4/h5,7,13-15,17-18,20,23-24H,6,8-12H2,1-4H3;1H3/b16-13+;. The maximum absolute atomic E-state index is 13.6. The highest BCUT2D eigenvalue weighted by molar-refractivity contribution is 5.90. The Labute approximate surface area is 184 Å². The summed E-state index contributed by atoms with van der Waals surface area (Å²) >= 11 is 0. The van der Waals surface area contributed by atoms with E-state index in [0.29, 0.717) is 19.3 Å². The van der Waals surface area contributed by atoms with E-state index in [9.17, 15) is 19.8 Å². The van der Waals surface area contributed by atoms with Gasteiger partial charge < -0.3 is 14.9 Å². The number of aliphatic hydroxyl groups is 2. The van der Waals surface area contributed by atoms with Crippen molar-refractivity contribution < 1.29 is 29.5 Å². The van der Waals surface area contributed by atoms with Crippen molar-refractivity contribution in [3.63, 3.8) is 0 Å². The van der Waals surface area contributed by atoms with E-state index in [2.05, 4.69) is 12.2 Å². The van der Waals surface area contributed by atoms with Gasteiger partial charge in [0.15, 0.2) is 7.05 Å². The lowest BCUT2D eigenvalue weighted by atomic mass is 9.58. The fraction of sp³-hybridized carbons (Fsp3) is 0.739. The van der Waals surface area contributed by atoms with E-state index < -0.39 is 22.5 Å². The Kier molecular flexibility index (Phi) is 10.5. The van der Waals surface area contributed by atoms with Crippen LogP contribution in [-0.4, -0.2) is 52.8 Å². The van der Waals surface area contributed by atoms with Crippen LogP contribution in [0.5, 0.6) is 0 Å². The number of aliphatic hydroxyl groups excluding tert-OH is 2. The second-order valence-electron chi connectivity index (χ2n) is 8.70. The minimum Gasteiger partial charge on any atom is -0.459 e. The minimum absolute atomic E-state index is 0.0148. The first-order chi connectivity index (χ1) is 14.5. The van der Waals surface area contributed by atoms with Gasteiger partial charge in [0, 0.05) is 29.8 Å². The first-order valence-corrected chi connectivity index (χ1v) is 10.9. The largest absolute Gasteiger partial charge is 0.459 e. The van der Waals surface area contributed by atoms with Gasteiger partial charge in [-0.25, -0.2) is 0 Å². The third kappa shape index (κ3) is 6.97. The van der Waals surface area contributed by atoms with Crippen LogP contribution in [0.3, 0.4) is 0 Å². The van der Waals surface area contributed by atoms with Crippen LogP contribution >= 0.6 is 0 Å². The van der Waals surface area contributed by atoms with Crippen molar-refractivity contribution in [2.24, 2.45) is 23.2 Å². The molecule has 0 aromatic rings. The Hall–Kier alpha value is -2.06. The van der Waals surface area contributed by atoms with Gasteiger partial charge in [-0.2, -0.15) is 0 Å². The van der Waals surface area contributed by atoms with Gasteiger partial charge in [0.05, 0.1) is 11.5 Å². The molecule has 0 radical (unpaired) electrons. The van der Waals surface area contributed by atoms with E-state index in [1.807, 2.05) is 26.8 Å². The molecule has 1 heterocycles. The highest BCUT2D eigenvalue weighted by Crippen LogP contribution is 2.49. The predicted molar refractivity (Wildman–Crippen MR) is 117 cm³/mol. The third-order valence-electron chi connectivity index (χ3n) is 6.29. The molecule has 31 heavy (non-hydrogen) atoms. The van der Waals surface area contributed by atoms with Crippen LogP contribution in [0.2, 0.25) is 0 Å². The first-order valence-electron chi connectivity index (χ1n) is 10.9. The summed E-state index contributed by atoms with van der Waals surface area (Å²) in [5, 5.41) is 28.2. The summed E-state index contributed by atoms with van der Waals surface area (Å²) in [5.74, 6) is -0.681. The molecule has 0 spiro atoms. The molecule has 0 aromatic carbocycles. The molecule has 2 aliphatic rings. The van der Waals surface area contributed by atoms with Crippen molar-refractivity contribution in [3.8, 4) is 0 Å². The van der Waals surface area contributed by atoms with Gasteiger partial charge in [0.25, 0.3) is 0 Å². The van der Waals surface area contributed by atoms with Crippen molar-refractivity contribution in [2.75, 3.05) is 13.7 Å². The SMILES string of the molecule is C/C1=C\C(C)C(C(C)O)OC(=O)CCC2C=CCCC12C(=O)C(C)CCO.C[N+](=O)[O-]. The van der Waals surface area contributed by atoms with Crippen molar-refractivity contribution >= 4 is 11.8 Å². The number of hydrogen-bond acceptors (Lipinski definition) is 7. The molecule has 0 fully saturated rings. The number of allylic oxidation sites excluding steroid dienone is 3. The molecular weight excluding hydrogens is 402 g/mol. The van der Waals surface area contributed by atoms with E-state index in [-0.39, 0.29) is 42.5 Å². The van der Waals surface area contributed by atoms with Crippen LogP contribution in [-0.2, 0) is 14.3 Å². The minimum atomic E-state index is -0.783. The molecule has 1 aliphatic carbocycles. The maximum atomic E-state index is 13.6. The summed E-state index contributed by atoms with van der Waals surface area (Å²) in [6, 6.07) is 0. The molecule has 1 aliphatic heterocycles. The fourth-order valence-electron chi connectivity index (χ4n) is 4.79. The molecular formula is C23H37NO7. The van der Waals surface area contributed by atoms with Gasteiger partial charge in [0.2, 0.25) is 0 Å². The van der Waals surface area contributed by atoms with Gasteiger partial charge in [-0.15, -0.1) is 0 Å². The Morgan fingerprint density at radius 3 is 2.58 bits per heavy atom. The monoisotopic (exact) mass is 439 g/mol. The molecule has 2 N–H and O–H groups in total. The quantitative estimate of drug-likeness (QED) is 0.292. The number of esters is 1. The zero-order chi connectivity index (χ0) is 23.8. The zero-order valence-electron chi connectivity index (χ0n) is 19.2.